The summed E-state index contributed by atoms with van der Waals surface area (Å²) in [7, 11) is 0. The highest BCUT2D eigenvalue weighted by atomic mass is 16.6. The lowest BCUT2D eigenvalue weighted by molar-refractivity contribution is -0.115. The number of nitrogens with one attached hydrogen (secondary N) is 3. The molecular weight excluding hydrogens is 370 g/mol. The fraction of sp³-hybridized carbons (Fsp3) is 0.500. The normalized spacial score (nSPS) is 15.0. The molecule has 0 bridgehead atoms. The minimum absolute atomic E-state index is 0.176. The molecule has 1 aliphatic carbocycles. The Morgan fingerprint density at radius 3 is 2.34 bits per heavy atom. The molecule has 0 aliphatic heterocycles. The van der Waals surface area contributed by atoms with Crippen LogP contribution in [0.3, 0.4) is 0 Å². The first-order chi connectivity index (χ1) is 13.6. The van der Waals surface area contributed by atoms with Crippen LogP contribution < -0.4 is 16.0 Å². The van der Waals surface area contributed by atoms with Gasteiger partial charge in [0.1, 0.15) is 12.1 Å². The first kappa shape index (κ1) is 22.5. The zero-order chi connectivity index (χ0) is 21.4. The Balaban J connectivity index is 1.85. The fourth-order valence-electron chi connectivity index (χ4n) is 3.23. The Hall–Kier alpha value is -2.83. The van der Waals surface area contributed by atoms with Crippen molar-refractivity contribution in [1.82, 2.24) is 5.32 Å². The standard InChI is InChI=1S/C22H31N3O4/c1-15(16-8-5-6-9-16)12-19(26)24-17-10-7-11-18(13-17)25-20(27)14-23-21(28)29-22(2,3)4/h7,10-13,16H,5-6,8-9,14H2,1-4H3,(H,23,28)(H,24,26)(H,25,27)/b15-12+. The summed E-state index contributed by atoms with van der Waals surface area (Å²) in [5.41, 5.74) is 1.59. The Bertz CT molecular complexity index is 775. The summed E-state index contributed by atoms with van der Waals surface area (Å²) >= 11 is 0. The smallest absolute Gasteiger partial charge is 0.408 e. The molecule has 0 radical (unpaired) electrons. The number of ether oxygens (including phenoxy) is 1. The number of rotatable bonds is 6. The summed E-state index contributed by atoms with van der Waals surface area (Å²) in [4.78, 5) is 35.9. The van der Waals surface area contributed by atoms with Crippen LogP contribution in [0.25, 0.3) is 0 Å². The minimum Gasteiger partial charge on any atom is -0.444 e. The van der Waals surface area contributed by atoms with Crippen LogP contribution in [0, 0.1) is 5.92 Å². The second kappa shape index (κ2) is 10.1. The molecule has 0 saturated heterocycles. The van der Waals surface area contributed by atoms with E-state index in [9.17, 15) is 14.4 Å². The highest BCUT2D eigenvalue weighted by Gasteiger charge is 2.18. The molecule has 1 aromatic rings. The third kappa shape index (κ3) is 8.37. The third-order valence-corrected chi connectivity index (χ3v) is 4.56. The van der Waals surface area contributed by atoms with E-state index in [1.54, 1.807) is 51.1 Å². The Morgan fingerprint density at radius 1 is 1.10 bits per heavy atom. The quantitative estimate of drug-likeness (QED) is 0.622. The average molecular weight is 402 g/mol. The molecule has 158 valence electrons. The summed E-state index contributed by atoms with van der Waals surface area (Å²) in [6, 6.07) is 6.87. The maximum atomic E-state index is 12.3. The zero-order valence-corrected chi connectivity index (χ0v) is 17.6. The summed E-state index contributed by atoms with van der Waals surface area (Å²) < 4.78 is 5.09. The monoisotopic (exact) mass is 401 g/mol. The van der Waals surface area contributed by atoms with Crippen LogP contribution in [0.15, 0.2) is 35.9 Å². The molecule has 2 rings (SSSR count). The number of hydrogen-bond acceptors (Lipinski definition) is 4. The highest BCUT2D eigenvalue weighted by Crippen LogP contribution is 2.30. The molecule has 3 N–H and O–H groups in total. The minimum atomic E-state index is -0.655. The number of carbonyl (C=O) groups excluding carboxylic acids is 3. The molecule has 0 atom stereocenters. The van der Waals surface area contributed by atoms with Gasteiger partial charge in [-0.3, -0.25) is 9.59 Å². The van der Waals surface area contributed by atoms with Crippen LogP contribution >= 0.6 is 0 Å². The van der Waals surface area contributed by atoms with Gasteiger partial charge in [-0.05, 0) is 64.7 Å². The van der Waals surface area contributed by atoms with Gasteiger partial charge in [-0.25, -0.2) is 4.79 Å². The van der Waals surface area contributed by atoms with Crippen molar-refractivity contribution in [1.29, 1.82) is 0 Å². The van der Waals surface area contributed by atoms with Crippen molar-refractivity contribution in [3.8, 4) is 0 Å². The predicted molar refractivity (Wildman–Crippen MR) is 114 cm³/mol. The van der Waals surface area contributed by atoms with E-state index in [1.165, 1.54) is 12.8 Å². The number of carbonyl (C=O) groups is 3. The molecule has 29 heavy (non-hydrogen) atoms. The number of allylic oxidation sites excluding steroid dienone is 1. The highest BCUT2D eigenvalue weighted by molar-refractivity contribution is 6.00. The Kier molecular flexibility index (Phi) is 7.82. The van der Waals surface area contributed by atoms with E-state index in [1.807, 2.05) is 6.92 Å². The fourth-order valence-corrected chi connectivity index (χ4v) is 3.23. The van der Waals surface area contributed by atoms with E-state index < -0.39 is 17.6 Å². The molecule has 0 heterocycles. The van der Waals surface area contributed by atoms with Crippen molar-refractivity contribution in [3.63, 3.8) is 0 Å². The number of anilines is 2. The zero-order valence-electron chi connectivity index (χ0n) is 17.6. The number of alkyl carbamates (subject to hydrolysis) is 1. The first-order valence-corrected chi connectivity index (χ1v) is 9.98. The molecule has 1 aliphatic rings. The van der Waals surface area contributed by atoms with E-state index in [0.29, 0.717) is 17.3 Å². The second-order valence-corrected chi connectivity index (χ2v) is 8.34. The van der Waals surface area contributed by atoms with E-state index >= 15 is 0 Å². The van der Waals surface area contributed by atoms with Crippen molar-refractivity contribution in [2.24, 2.45) is 5.92 Å². The summed E-state index contributed by atoms with van der Waals surface area (Å²) in [5, 5.41) is 7.92. The molecule has 1 saturated carbocycles. The predicted octanol–water partition coefficient (Wildman–Crippen LogP) is 4.22. The van der Waals surface area contributed by atoms with Crippen molar-refractivity contribution >= 4 is 29.3 Å². The van der Waals surface area contributed by atoms with Gasteiger partial charge in [0.25, 0.3) is 0 Å². The van der Waals surface area contributed by atoms with Gasteiger partial charge < -0.3 is 20.7 Å². The summed E-state index contributed by atoms with van der Waals surface area (Å²) in [5.74, 6) is -0.0652. The van der Waals surface area contributed by atoms with Gasteiger partial charge in [0.15, 0.2) is 0 Å². The first-order valence-electron chi connectivity index (χ1n) is 9.98. The Morgan fingerprint density at radius 2 is 1.72 bits per heavy atom. The van der Waals surface area contributed by atoms with Crippen molar-refractivity contribution in [3.05, 3.63) is 35.9 Å². The molecular formula is C22H31N3O4. The van der Waals surface area contributed by atoms with Crippen LogP contribution in [0.4, 0.5) is 16.2 Å². The maximum absolute atomic E-state index is 12.3. The molecule has 0 spiro atoms. The molecule has 0 unspecified atom stereocenters. The lowest BCUT2D eigenvalue weighted by Gasteiger charge is -2.19. The van der Waals surface area contributed by atoms with Crippen molar-refractivity contribution in [2.75, 3.05) is 17.2 Å². The SMILES string of the molecule is C/C(=C\C(=O)Nc1cccc(NC(=O)CNC(=O)OC(C)(C)C)c1)C1CCCC1. The van der Waals surface area contributed by atoms with E-state index in [2.05, 4.69) is 16.0 Å². The maximum Gasteiger partial charge on any atom is 0.408 e. The second-order valence-electron chi connectivity index (χ2n) is 8.34. The van der Waals surface area contributed by atoms with Gasteiger partial charge >= 0.3 is 6.09 Å². The molecule has 1 aromatic carbocycles. The van der Waals surface area contributed by atoms with Gasteiger partial charge in [-0.2, -0.15) is 0 Å². The molecule has 3 amide bonds. The number of amides is 3. The van der Waals surface area contributed by atoms with Gasteiger partial charge in [0.05, 0.1) is 0 Å². The van der Waals surface area contributed by atoms with Crippen LogP contribution in [0.1, 0.15) is 53.4 Å². The van der Waals surface area contributed by atoms with Crippen molar-refractivity contribution < 1.29 is 19.1 Å². The van der Waals surface area contributed by atoms with E-state index in [-0.39, 0.29) is 12.5 Å². The largest absolute Gasteiger partial charge is 0.444 e. The van der Waals surface area contributed by atoms with Gasteiger partial charge in [0.2, 0.25) is 11.8 Å². The van der Waals surface area contributed by atoms with Crippen LogP contribution in [0.2, 0.25) is 0 Å². The van der Waals surface area contributed by atoms with Gasteiger partial charge in [-0.1, -0.05) is 24.5 Å². The van der Waals surface area contributed by atoms with Crippen LogP contribution in [0.5, 0.6) is 0 Å². The third-order valence-electron chi connectivity index (χ3n) is 4.56. The lowest BCUT2D eigenvalue weighted by Crippen LogP contribution is -2.37. The summed E-state index contributed by atoms with van der Waals surface area (Å²) in [6.45, 7) is 7.03. The number of benzene rings is 1. The van der Waals surface area contributed by atoms with Gasteiger partial charge in [-0.15, -0.1) is 0 Å². The Labute approximate surface area is 172 Å². The van der Waals surface area contributed by atoms with E-state index in [4.69, 9.17) is 4.74 Å². The average Bonchev–Trinajstić information content (AvgIpc) is 3.13. The van der Waals surface area contributed by atoms with Crippen LogP contribution in [-0.4, -0.2) is 30.1 Å². The lowest BCUT2D eigenvalue weighted by atomic mass is 9.99. The molecule has 0 aromatic heterocycles. The van der Waals surface area contributed by atoms with Crippen LogP contribution in [-0.2, 0) is 14.3 Å². The topological polar surface area (TPSA) is 96.5 Å². The molecule has 7 heteroatoms. The van der Waals surface area contributed by atoms with Crippen molar-refractivity contribution in [2.45, 2.75) is 59.0 Å². The molecule has 1 fully saturated rings. The summed E-state index contributed by atoms with van der Waals surface area (Å²) in [6.07, 6.45) is 5.75. The number of hydrogen-bond donors (Lipinski definition) is 3. The van der Waals surface area contributed by atoms with Gasteiger partial charge in [0, 0.05) is 17.5 Å². The molecule has 7 nitrogen and oxygen atoms in total. The van der Waals surface area contributed by atoms with E-state index in [0.717, 1.165) is 18.4 Å².